The Bertz CT molecular complexity index is 754. The molecule has 0 aliphatic carbocycles. The van der Waals surface area contributed by atoms with Crippen LogP contribution in [0.3, 0.4) is 0 Å². The smallest absolute Gasteiger partial charge is 0.274 e. The third-order valence-electron chi connectivity index (χ3n) is 5.78. The van der Waals surface area contributed by atoms with Gasteiger partial charge in [-0.3, -0.25) is 14.8 Å². The number of carbonyl (C=O) groups is 1. The summed E-state index contributed by atoms with van der Waals surface area (Å²) in [6.45, 7) is 7.94. The quantitative estimate of drug-likeness (QED) is 0.919. The number of amides is 1. The van der Waals surface area contributed by atoms with Crippen molar-refractivity contribution in [1.82, 2.24) is 20.0 Å². The highest BCUT2D eigenvalue weighted by atomic mass is 16.2. The van der Waals surface area contributed by atoms with E-state index in [9.17, 15) is 4.79 Å². The van der Waals surface area contributed by atoms with E-state index >= 15 is 0 Å². The molecule has 0 spiro atoms. The minimum atomic E-state index is 0.0756. The van der Waals surface area contributed by atoms with Crippen LogP contribution in [0.1, 0.15) is 54.4 Å². The standard InChI is InChI=1S/C21H28N4O/c1-15(2)19-10-20(23-22-19)21(26)25-13-17-8-9-18(14-25)24(12-17)11-16-6-4-3-5-7-16/h3-7,10,15,17-18H,8-9,11-14H2,1-2H3,(H,22,23). The fourth-order valence-electron chi connectivity index (χ4n) is 4.26. The van der Waals surface area contributed by atoms with Gasteiger partial charge in [-0.1, -0.05) is 44.2 Å². The van der Waals surface area contributed by atoms with Crippen molar-refractivity contribution in [3.8, 4) is 0 Å². The molecule has 2 aromatic rings. The SMILES string of the molecule is CC(C)c1cc(C(=O)N2CC3CCC(C2)N(Cc2ccccc2)C3)n[nH]1. The van der Waals surface area contributed by atoms with Gasteiger partial charge in [-0.25, -0.2) is 0 Å². The van der Waals surface area contributed by atoms with E-state index in [4.69, 9.17) is 0 Å². The molecule has 138 valence electrons. The lowest BCUT2D eigenvalue weighted by Crippen LogP contribution is -2.43. The van der Waals surface area contributed by atoms with Gasteiger partial charge in [0.05, 0.1) is 0 Å². The molecule has 0 saturated carbocycles. The van der Waals surface area contributed by atoms with Crippen molar-refractivity contribution in [3.63, 3.8) is 0 Å². The molecule has 4 heterocycles. The molecule has 0 radical (unpaired) electrons. The monoisotopic (exact) mass is 352 g/mol. The molecule has 1 amide bonds. The van der Waals surface area contributed by atoms with Crippen LogP contribution in [0.4, 0.5) is 0 Å². The molecule has 2 unspecified atom stereocenters. The Morgan fingerprint density at radius 1 is 1.19 bits per heavy atom. The highest BCUT2D eigenvalue weighted by Gasteiger charge is 2.37. The van der Waals surface area contributed by atoms with Crippen molar-refractivity contribution < 1.29 is 4.79 Å². The number of benzene rings is 1. The lowest BCUT2D eigenvalue weighted by molar-refractivity contribution is 0.0730. The number of rotatable bonds is 4. The van der Waals surface area contributed by atoms with Gasteiger partial charge in [-0.15, -0.1) is 0 Å². The summed E-state index contributed by atoms with van der Waals surface area (Å²) in [6, 6.07) is 13.0. The van der Waals surface area contributed by atoms with Crippen LogP contribution in [0.5, 0.6) is 0 Å². The van der Waals surface area contributed by atoms with E-state index in [1.165, 1.54) is 18.4 Å². The van der Waals surface area contributed by atoms with Crippen LogP contribution < -0.4 is 0 Å². The predicted molar refractivity (Wildman–Crippen MR) is 102 cm³/mol. The summed E-state index contributed by atoms with van der Waals surface area (Å²) in [6.07, 6.45) is 2.40. The summed E-state index contributed by atoms with van der Waals surface area (Å²) in [5.41, 5.74) is 2.94. The molecule has 1 N–H and O–H groups in total. The Hall–Kier alpha value is -2.14. The number of hydrogen-bond acceptors (Lipinski definition) is 3. The Balaban J connectivity index is 1.47. The first-order chi connectivity index (χ1) is 12.6. The second kappa shape index (κ2) is 7.23. The zero-order valence-electron chi connectivity index (χ0n) is 15.7. The highest BCUT2D eigenvalue weighted by Crippen LogP contribution is 2.30. The van der Waals surface area contributed by atoms with Crippen LogP contribution in [0.15, 0.2) is 36.4 Å². The first-order valence-corrected chi connectivity index (χ1v) is 9.72. The largest absolute Gasteiger partial charge is 0.335 e. The Kier molecular flexibility index (Phi) is 4.81. The van der Waals surface area contributed by atoms with Gasteiger partial charge in [0.25, 0.3) is 5.91 Å². The van der Waals surface area contributed by atoms with E-state index in [2.05, 4.69) is 59.3 Å². The molecule has 1 aromatic heterocycles. The number of nitrogens with zero attached hydrogens (tertiary/aromatic N) is 3. The molecule has 26 heavy (non-hydrogen) atoms. The summed E-state index contributed by atoms with van der Waals surface area (Å²) in [4.78, 5) is 17.6. The van der Waals surface area contributed by atoms with E-state index in [1.54, 1.807) is 0 Å². The lowest BCUT2D eigenvalue weighted by Gasteiger charge is -2.36. The number of hydrogen-bond donors (Lipinski definition) is 1. The average molecular weight is 352 g/mol. The highest BCUT2D eigenvalue weighted by molar-refractivity contribution is 5.92. The second-order valence-corrected chi connectivity index (χ2v) is 8.09. The zero-order chi connectivity index (χ0) is 18.1. The normalized spacial score (nSPS) is 23.4. The molecule has 3 aliphatic heterocycles. The summed E-state index contributed by atoms with van der Waals surface area (Å²) >= 11 is 0. The molecular formula is C21H28N4O. The van der Waals surface area contributed by atoms with Crippen molar-refractivity contribution in [1.29, 1.82) is 0 Å². The first-order valence-electron chi connectivity index (χ1n) is 9.72. The fraction of sp³-hybridized carbons (Fsp3) is 0.524. The maximum absolute atomic E-state index is 13.0. The molecule has 2 bridgehead atoms. The fourth-order valence-corrected chi connectivity index (χ4v) is 4.26. The van der Waals surface area contributed by atoms with Crippen LogP contribution in [0, 0.1) is 5.92 Å². The number of carbonyl (C=O) groups excluding carboxylic acids is 1. The minimum absolute atomic E-state index is 0.0756. The third-order valence-corrected chi connectivity index (χ3v) is 5.78. The Morgan fingerprint density at radius 2 is 2.00 bits per heavy atom. The van der Waals surface area contributed by atoms with Gasteiger partial charge in [-0.2, -0.15) is 5.10 Å². The van der Waals surface area contributed by atoms with Crippen LogP contribution >= 0.6 is 0 Å². The third kappa shape index (κ3) is 3.54. The zero-order valence-corrected chi connectivity index (χ0v) is 15.7. The molecule has 3 fully saturated rings. The maximum atomic E-state index is 13.0. The number of aromatic nitrogens is 2. The molecule has 5 rings (SSSR count). The van der Waals surface area contributed by atoms with Gasteiger partial charge in [0.1, 0.15) is 5.69 Å². The Morgan fingerprint density at radius 3 is 2.73 bits per heavy atom. The van der Waals surface area contributed by atoms with Gasteiger partial charge < -0.3 is 4.90 Å². The van der Waals surface area contributed by atoms with E-state index in [-0.39, 0.29) is 5.91 Å². The van der Waals surface area contributed by atoms with Crippen molar-refractivity contribution in [2.24, 2.45) is 5.92 Å². The summed E-state index contributed by atoms with van der Waals surface area (Å²) in [5, 5.41) is 7.28. The molecule has 3 saturated heterocycles. The van der Waals surface area contributed by atoms with Crippen molar-refractivity contribution in [3.05, 3.63) is 53.3 Å². The van der Waals surface area contributed by atoms with Gasteiger partial charge in [0.2, 0.25) is 0 Å². The number of H-pyrrole nitrogens is 1. The van der Waals surface area contributed by atoms with Gasteiger partial charge in [0, 0.05) is 37.9 Å². The number of fused-ring (bicyclic) bond motifs is 4. The van der Waals surface area contributed by atoms with E-state index in [0.717, 1.165) is 31.9 Å². The van der Waals surface area contributed by atoms with E-state index in [1.807, 2.05) is 11.0 Å². The van der Waals surface area contributed by atoms with Gasteiger partial charge in [-0.05, 0) is 36.3 Å². The van der Waals surface area contributed by atoms with E-state index in [0.29, 0.717) is 23.6 Å². The molecule has 5 heteroatoms. The minimum Gasteiger partial charge on any atom is -0.335 e. The molecule has 5 nitrogen and oxygen atoms in total. The summed E-state index contributed by atoms with van der Waals surface area (Å²) in [5.74, 6) is 0.988. The molecule has 3 aliphatic rings. The number of nitrogens with one attached hydrogen (secondary N) is 1. The summed E-state index contributed by atoms with van der Waals surface area (Å²) in [7, 11) is 0. The average Bonchev–Trinajstić information content (AvgIpc) is 2.97. The summed E-state index contributed by atoms with van der Waals surface area (Å²) < 4.78 is 0. The molecular weight excluding hydrogens is 324 g/mol. The number of aromatic amines is 1. The number of piperidine rings is 1. The van der Waals surface area contributed by atoms with Crippen LogP contribution in [0.2, 0.25) is 0 Å². The molecule has 2 atom stereocenters. The lowest BCUT2D eigenvalue weighted by atomic mass is 9.94. The second-order valence-electron chi connectivity index (χ2n) is 8.09. The van der Waals surface area contributed by atoms with Gasteiger partial charge in [0.15, 0.2) is 0 Å². The Labute approximate surface area is 155 Å². The van der Waals surface area contributed by atoms with Crippen LogP contribution in [-0.4, -0.2) is 51.6 Å². The molecule has 1 aromatic carbocycles. The predicted octanol–water partition coefficient (Wildman–Crippen LogP) is 3.27. The van der Waals surface area contributed by atoms with Crippen LogP contribution in [-0.2, 0) is 6.54 Å². The van der Waals surface area contributed by atoms with Crippen molar-refractivity contribution in [2.45, 2.75) is 45.2 Å². The van der Waals surface area contributed by atoms with Crippen molar-refractivity contribution >= 4 is 5.91 Å². The first kappa shape index (κ1) is 17.3. The topological polar surface area (TPSA) is 52.2 Å². The van der Waals surface area contributed by atoms with Crippen LogP contribution in [0.25, 0.3) is 0 Å². The van der Waals surface area contributed by atoms with E-state index < -0.39 is 0 Å². The van der Waals surface area contributed by atoms with Gasteiger partial charge >= 0.3 is 0 Å². The maximum Gasteiger partial charge on any atom is 0.274 e. The van der Waals surface area contributed by atoms with Crippen molar-refractivity contribution in [2.75, 3.05) is 19.6 Å².